The van der Waals surface area contributed by atoms with Gasteiger partial charge in [-0.1, -0.05) is 29.8 Å². The second-order valence-corrected chi connectivity index (χ2v) is 5.99. The Balaban J connectivity index is 1.44. The van der Waals surface area contributed by atoms with Crippen molar-refractivity contribution in [3.05, 3.63) is 59.8 Å². The predicted octanol–water partition coefficient (Wildman–Crippen LogP) is 3.31. The van der Waals surface area contributed by atoms with E-state index in [0.717, 1.165) is 17.2 Å². The lowest BCUT2D eigenvalue weighted by Crippen LogP contribution is -2.15. The summed E-state index contributed by atoms with van der Waals surface area (Å²) in [5.74, 6) is 2.54. The maximum atomic E-state index is 5.60. The molecule has 0 saturated carbocycles. The van der Waals surface area contributed by atoms with Gasteiger partial charge in [-0.2, -0.15) is 10.1 Å². The zero-order valence-electron chi connectivity index (χ0n) is 14.4. The molecule has 0 unspecified atom stereocenters. The average molecular weight is 349 g/mol. The lowest BCUT2D eigenvalue weighted by atomic mass is 10.1. The van der Waals surface area contributed by atoms with Crippen LogP contribution in [0.5, 0.6) is 11.5 Å². The predicted molar refractivity (Wildman–Crippen MR) is 99.0 cm³/mol. The van der Waals surface area contributed by atoms with Gasteiger partial charge < -0.3 is 20.1 Å². The second-order valence-electron chi connectivity index (χ2n) is 5.99. The zero-order chi connectivity index (χ0) is 17.8. The molecule has 7 nitrogen and oxygen atoms in total. The molecule has 2 N–H and O–H groups in total. The highest BCUT2D eigenvalue weighted by molar-refractivity contribution is 5.61. The molecular formula is C19H19N5O2. The largest absolute Gasteiger partial charge is 0.486 e. The van der Waals surface area contributed by atoms with Gasteiger partial charge in [-0.3, -0.25) is 0 Å². The summed E-state index contributed by atoms with van der Waals surface area (Å²) < 4.78 is 11.1. The number of nitrogens with zero attached hydrogens (tertiary/aromatic N) is 3. The highest BCUT2D eigenvalue weighted by atomic mass is 16.6. The van der Waals surface area contributed by atoms with Gasteiger partial charge in [0, 0.05) is 18.3 Å². The maximum absolute atomic E-state index is 5.60. The fourth-order valence-corrected chi connectivity index (χ4v) is 2.71. The first-order valence-corrected chi connectivity index (χ1v) is 8.42. The minimum absolute atomic E-state index is 0.467. The normalized spacial score (nSPS) is 12.5. The molecule has 2 heterocycles. The van der Waals surface area contributed by atoms with Crippen molar-refractivity contribution in [1.82, 2.24) is 15.2 Å². The van der Waals surface area contributed by atoms with Gasteiger partial charge in [0.05, 0.1) is 6.20 Å². The fraction of sp³-hybridized carbons (Fsp3) is 0.211. The summed E-state index contributed by atoms with van der Waals surface area (Å²) in [6, 6.07) is 14.0. The molecular weight excluding hydrogens is 330 g/mol. The standard InChI is InChI=1S/C19H19N5O2/c1-13-3-2-4-14(9-13)11-20-19-23-18(12-21-24-19)22-15-5-6-16-17(10-15)26-8-7-25-16/h2-6,9-10,12H,7-8,11H2,1H3,(H2,20,22,23,24). The number of benzene rings is 2. The van der Waals surface area contributed by atoms with Crippen LogP contribution < -0.4 is 20.1 Å². The van der Waals surface area contributed by atoms with E-state index in [0.29, 0.717) is 31.5 Å². The number of ether oxygens (including phenoxy) is 2. The van der Waals surface area contributed by atoms with Crippen LogP contribution in [-0.4, -0.2) is 28.4 Å². The van der Waals surface area contributed by atoms with Crippen molar-refractivity contribution >= 4 is 17.5 Å². The molecule has 26 heavy (non-hydrogen) atoms. The Morgan fingerprint density at radius 2 is 1.92 bits per heavy atom. The van der Waals surface area contributed by atoms with Gasteiger partial charge in [-0.25, -0.2) is 0 Å². The third-order valence-electron chi connectivity index (χ3n) is 3.91. The number of nitrogens with one attached hydrogen (secondary N) is 2. The highest BCUT2D eigenvalue weighted by Gasteiger charge is 2.12. The SMILES string of the molecule is Cc1cccc(CNc2nncc(Nc3ccc4c(c3)OCCO4)n2)c1. The van der Waals surface area contributed by atoms with Gasteiger partial charge >= 0.3 is 0 Å². The summed E-state index contributed by atoms with van der Waals surface area (Å²) in [7, 11) is 0. The molecule has 0 amide bonds. The molecule has 0 aliphatic carbocycles. The van der Waals surface area contributed by atoms with Gasteiger partial charge in [0.15, 0.2) is 17.3 Å². The Labute approximate surface area is 151 Å². The first kappa shape index (κ1) is 16.1. The van der Waals surface area contributed by atoms with Crippen molar-refractivity contribution in [2.75, 3.05) is 23.8 Å². The van der Waals surface area contributed by atoms with Crippen LogP contribution in [0.25, 0.3) is 0 Å². The molecule has 0 radical (unpaired) electrons. The van der Waals surface area contributed by atoms with Gasteiger partial charge in [-0.05, 0) is 24.6 Å². The smallest absolute Gasteiger partial charge is 0.244 e. The Morgan fingerprint density at radius 3 is 2.81 bits per heavy atom. The molecule has 1 aliphatic heterocycles. The minimum atomic E-state index is 0.467. The van der Waals surface area contributed by atoms with Crippen LogP contribution in [0, 0.1) is 6.92 Å². The van der Waals surface area contributed by atoms with E-state index >= 15 is 0 Å². The molecule has 0 fully saturated rings. The lowest BCUT2D eigenvalue weighted by molar-refractivity contribution is 0.171. The van der Waals surface area contributed by atoms with Crippen molar-refractivity contribution < 1.29 is 9.47 Å². The third kappa shape index (κ3) is 3.83. The molecule has 3 aromatic rings. The van der Waals surface area contributed by atoms with Gasteiger partial charge in [0.2, 0.25) is 5.95 Å². The van der Waals surface area contributed by atoms with E-state index in [4.69, 9.17) is 9.47 Å². The Bertz CT molecular complexity index is 916. The third-order valence-corrected chi connectivity index (χ3v) is 3.91. The molecule has 0 bridgehead atoms. The first-order valence-electron chi connectivity index (χ1n) is 8.42. The molecule has 132 valence electrons. The topological polar surface area (TPSA) is 81.2 Å². The Hall–Kier alpha value is -3.35. The lowest BCUT2D eigenvalue weighted by Gasteiger charge is -2.19. The van der Waals surface area contributed by atoms with E-state index < -0.39 is 0 Å². The van der Waals surface area contributed by atoms with E-state index in [1.807, 2.05) is 24.3 Å². The summed E-state index contributed by atoms with van der Waals surface area (Å²) in [5.41, 5.74) is 3.23. The summed E-state index contributed by atoms with van der Waals surface area (Å²) >= 11 is 0. The average Bonchev–Trinajstić information content (AvgIpc) is 2.67. The van der Waals surface area contributed by atoms with Gasteiger partial charge in [0.25, 0.3) is 0 Å². The molecule has 0 spiro atoms. The quantitative estimate of drug-likeness (QED) is 0.731. The molecule has 2 aromatic carbocycles. The number of aromatic nitrogens is 3. The zero-order valence-corrected chi connectivity index (χ0v) is 14.4. The molecule has 0 atom stereocenters. The van der Waals surface area contributed by atoms with Crippen LogP contribution in [0.2, 0.25) is 0 Å². The first-order chi connectivity index (χ1) is 12.8. The van der Waals surface area contributed by atoms with E-state index in [9.17, 15) is 0 Å². The number of aryl methyl sites for hydroxylation is 1. The van der Waals surface area contributed by atoms with Crippen molar-refractivity contribution in [3.63, 3.8) is 0 Å². The van der Waals surface area contributed by atoms with E-state index in [1.54, 1.807) is 6.20 Å². The van der Waals surface area contributed by atoms with E-state index in [1.165, 1.54) is 11.1 Å². The van der Waals surface area contributed by atoms with Crippen LogP contribution in [-0.2, 0) is 6.54 Å². The summed E-state index contributed by atoms with van der Waals surface area (Å²) in [5, 5.41) is 14.4. The van der Waals surface area contributed by atoms with Crippen LogP contribution in [0.4, 0.5) is 17.5 Å². The second kappa shape index (κ2) is 7.26. The maximum Gasteiger partial charge on any atom is 0.244 e. The van der Waals surface area contributed by atoms with E-state index in [-0.39, 0.29) is 0 Å². The van der Waals surface area contributed by atoms with Gasteiger partial charge in [0.1, 0.15) is 13.2 Å². The number of rotatable bonds is 5. The van der Waals surface area contributed by atoms with Crippen LogP contribution in [0.3, 0.4) is 0 Å². The Morgan fingerprint density at radius 1 is 1.04 bits per heavy atom. The molecule has 7 heteroatoms. The van der Waals surface area contributed by atoms with Crippen molar-refractivity contribution in [2.24, 2.45) is 0 Å². The molecule has 1 aliphatic rings. The number of anilines is 3. The summed E-state index contributed by atoms with van der Waals surface area (Å²) in [6.45, 7) is 3.83. The molecule has 4 rings (SSSR count). The van der Waals surface area contributed by atoms with Crippen molar-refractivity contribution in [2.45, 2.75) is 13.5 Å². The number of hydrogen-bond donors (Lipinski definition) is 2. The van der Waals surface area contributed by atoms with Crippen molar-refractivity contribution in [3.8, 4) is 11.5 Å². The fourth-order valence-electron chi connectivity index (χ4n) is 2.71. The van der Waals surface area contributed by atoms with Gasteiger partial charge in [-0.15, -0.1) is 5.10 Å². The number of fused-ring (bicyclic) bond motifs is 1. The Kier molecular flexibility index (Phi) is 4.51. The van der Waals surface area contributed by atoms with Crippen LogP contribution in [0.1, 0.15) is 11.1 Å². The van der Waals surface area contributed by atoms with Crippen molar-refractivity contribution in [1.29, 1.82) is 0 Å². The molecule has 1 aromatic heterocycles. The number of hydrogen-bond acceptors (Lipinski definition) is 7. The molecule has 0 saturated heterocycles. The highest BCUT2D eigenvalue weighted by Crippen LogP contribution is 2.33. The van der Waals surface area contributed by atoms with Crippen LogP contribution in [0.15, 0.2) is 48.7 Å². The van der Waals surface area contributed by atoms with E-state index in [2.05, 4.69) is 50.9 Å². The van der Waals surface area contributed by atoms with Crippen LogP contribution >= 0.6 is 0 Å². The monoisotopic (exact) mass is 349 g/mol. The summed E-state index contributed by atoms with van der Waals surface area (Å²) in [6.07, 6.45) is 1.58. The minimum Gasteiger partial charge on any atom is -0.486 e. The summed E-state index contributed by atoms with van der Waals surface area (Å²) in [4.78, 5) is 4.45.